The minimum absolute atomic E-state index is 0.0289. The number of rotatable bonds is 10. The maximum Gasteiger partial charge on any atom is 0.244 e. The van der Waals surface area contributed by atoms with Crippen molar-refractivity contribution in [1.29, 1.82) is 0 Å². The van der Waals surface area contributed by atoms with Gasteiger partial charge in [0.1, 0.15) is 12.6 Å². The molecule has 2 aromatic carbocycles. The molecule has 1 aliphatic carbocycles. The van der Waals surface area contributed by atoms with E-state index >= 15 is 0 Å². The summed E-state index contributed by atoms with van der Waals surface area (Å²) in [4.78, 5) is 28.4. The number of carbonyl (C=O) groups is 2. The molecule has 2 amide bonds. The van der Waals surface area contributed by atoms with Crippen molar-refractivity contribution in [3.8, 4) is 0 Å². The van der Waals surface area contributed by atoms with E-state index < -0.39 is 28.5 Å². The van der Waals surface area contributed by atoms with E-state index in [1.54, 1.807) is 37.3 Å². The summed E-state index contributed by atoms with van der Waals surface area (Å²) in [5.74, 6) is -0.779. The van der Waals surface area contributed by atoms with Crippen molar-refractivity contribution in [3.05, 3.63) is 63.6 Å². The second kappa shape index (κ2) is 13.0. The van der Waals surface area contributed by atoms with Gasteiger partial charge in [0.15, 0.2) is 0 Å². The Labute approximate surface area is 230 Å². The second-order valence-electron chi connectivity index (χ2n) is 9.53. The van der Waals surface area contributed by atoms with Crippen molar-refractivity contribution in [2.75, 3.05) is 17.1 Å². The Balaban J connectivity index is 1.92. The molecule has 0 heterocycles. The van der Waals surface area contributed by atoms with Crippen LogP contribution in [-0.4, -0.2) is 50.0 Å². The molecular formula is C27H35Cl2N3O4S. The summed E-state index contributed by atoms with van der Waals surface area (Å²) in [6, 6.07) is 11.3. The lowest BCUT2D eigenvalue weighted by atomic mass is 9.95. The first kappa shape index (κ1) is 29.3. The minimum Gasteiger partial charge on any atom is -0.352 e. The third-order valence-corrected chi connectivity index (χ3v) is 8.51. The Bertz CT molecular complexity index is 1220. The van der Waals surface area contributed by atoms with Crippen molar-refractivity contribution in [2.45, 2.75) is 71.0 Å². The molecule has 1 aliphatic rings. The third-order valence-electron chi connectivity index (χ3n) is 6.80. The first-order valence-corrected chi connectivity index (χ1v) is 15.2. The molecule has 1 atom stereocenters. The van der Waals surface area contributed by atoms with Gasteiger partial charge in [0.2, 0.25) is 21.8 Å². The summed E-state index contributed by atoms with van der Waals surface area (Å²) in [7, 11) is -3.79. The number of aryl methyl sites for hydroxylation is 1. The van der Waals surface area contributed by atoms with Gasteiger partial charge in [-0.05, 0) is 55.5 Å². The standard InChI is InChI=1S/C27H35Cl2N3O4S/c1-4-20-10-8-9-13-25(20)32(37(3,35)36)18-26(33)31(17-21-14-15-22(28)16-24(21)29)19(2)27(34)30-23-11-6-5-7-12-23/h8-10,13-16,19,23H,4-7,11-12,17-18H2,1-3H3,(H,30,34). The molecule has 1 N–H and O–H groups in total. The van der Waals surface area contributed by atoms with E-state index in [2.05, 4.69) is 5.32 Å². The molecule has 0 spiro atoms. The predicted octanol–water partition coefficient (Wildman–Crippen LogP) is 5.19. The molecule has 0 saturated heterocycles. The zero-order chi connectivity index (χ0) is 27.2. The highest BCUT2D eigenvalue weighted by Crippen LogP contribution is 2.26. The van der Waals surface area contributed by atoms with Gasteiger partial charge >= 0.3 is 0 Å². The van der Waals surface area contributed by atoms with Gasteiger partial charge < -0.3 is 10.2 Å². The molecule has 37 heavy (non-hydrogen) atoms. The summed E-state index contributed by atoms with van der Waals surface area (Å²) in [5.41, 5.74) is 1.86. The zero-order valence-electron chi connectivity index (χ0n) is 21.5. The summed E-state index contributed by atoms with van der Waals surface area (Å²) in [5, 5.41) is 3.89. The minimum atomic E-state index is -3.79. The van der Waals surface area contributed by atoms with Gasteiger partial charge in [-0.15, -0.1) is 0 Å². The Kier molecular flexibility index (Phi) is 10.3. The molecule has 1 fully saturated rings. The van der Waals surface area contributed by atoms with Gasteiger partial charge in [0.05, 0.1) is 11.9 Å². The Morgan fingerprint density at radius 1 is 1.05 bits per heavy atom. The van der Waals surface area contributed by atoms with E-state index in [9.17, 15) is 18.0 Å². The van der Waals surface area contributed by atoms with Crippen LogP contribution < -0.4 is 9.62 Å². The summed E-state index contributed by atoms with van der Waals surface area (Å²) < 4.78 is 26.7. The van der Waals surface area contributed by atoms with Gasteiger partial charge in [-0.2, -0.15) is 0 Å². The fraction of sp³-hybridized carbons (Fsp3) is 0.481. The molecule has 2 aromatic rings. The van der Waals surface area contributed by atoms with E-state index in [0.29, 0.717) is 27.7 Å². The first-order valence-electron chi connectivity index (χ1n) is 12.6. The molecule has 0 aromatic heterocycles. The van der Waals surface area contributed by atoms with Crippen LogP contribution in [0, 0.1) is 0 Å². The van der Waals surface area contributed by atoms with Crippen LogP contribution in [0.1, 0.15) is 57.1 Å². The topological polar surface area (TPSA) is 86.8 Å². The maximum absolute atomic E-state index is 13.8. The van der Waals surface area contributed by atoms with Crippen LogP contribution in [0.2, 0.25) is 10.0 Å². The van der Waals surface area contributed by atoms with Crippen molar-refractivity contribution in [1.82, 2.24) is 10.2 Å². The van der Waals surface area contributed by atoms with Gasteiger partial charge in [-0.1, -0.05) is 73.7 Å². The third kappa shape index (κ3) is 7.85. The highest BCUT2D eigenvalue weighted by atomic mass is 35.5. The molecular weight excluding hydrogens is 533 g/mol. The first-order chi connectivity index (χ1) is 17.5. The number of carbonyl (C=O) groups excluding carboxylic acids is 2. The van der Waals surface area contributed by atoms with Crippen molar-refractivity contribution >= 4 is 50.7 Å². The Hall–Kier alpha value is -2.29. The normalized spacial score (nSPS) is 15.2. The lowest BCUT2D eigenvalue weighted by Gasteiger charge is -2.33. The number of para-hydroxylation sites is 1. The number of nitrogens with one attached hydrogen (secondary N) is 1. The number of amides is 2. The maximum atomic E-state index is 13.8. The molecule has 0 aliphatic heterocycles. The number of anilines is 1. The van der Waals surface area contributed by atoms with Gasteiger partial charge in [0, 0.05) is 22.6 Å². The van der Waals surface area contributed by atoms with E-state index in [0.717, 1.165) is 48.2 Å². The summed E-state index contributed by atoms with van der Waals surface area (Å²) in [6.45, 7) is 3.17. The number of benzene rings is 2. The molecule has 1 unspecified atom stereocenters. The average Bonchev–Trinajstić information content (AvgIpc) is 2.86. The van der Waals surface area contributed by atoms with Crippen molar-refractivity contribution in [2.24, 2.45) is 0 Å². The van der Waals surface area contributed by atoms with Crippen LogP contribution in [-0.2, 0) is 32.6 Å². The van der Waals surface area contributed by atoms with E-state index in [1.165, 1.54) is 4.90 Å². The quantitative estimate of drug-likeness (QED) is 0.428. The van der Waals surface area contributed by atoms with Gasteiger partial charge in [-0.3, -0.25) is 13.9 Å². The molecule has 0 radical (unpaired) electrons. The monoisotopic (exact) mass is 567 g/mol. The number of hydrogen-bond donors (Lipinski definition) is 1. The lowest BCUT2D eigenvalue weighted by molar-refractivity contribution is -0.139. The lowest BCUT2D eigenvalue weighted by Crippen LogP contribution is -2.53. The SMILES string of the molecule is CCc1ccccc1N(CC(=O)N(Cc1ccc(Cl)cc1Cl)C(C)C(=O)NC1CCCCC1)S(C)(=O)=O. The highest BCUT2D eigenvalue weighted by Gasteiger charge is 2.32. The van der Waals surface area contributed by atoms with E-state index in [4.69, 9.17) is 23.2 Å². The van der Waals surface area contributed by atoms with Crippen LogP contribution in [0.25, 0.3) is 0 Å². The number of sulfonamides is 1. The molecule has 10 heteroatoms. The highest BCUT2D eigenvalue weighted by molar-refractivity contribution is 7.92. The van der Waals surface area contributed by atoms with E-state index in [1.807, 2.05) is 19.1 Å². The number of nitrogens with zero attached hydrogens (tertiary/aromatic N) is 2. The van der Waals surface area contributed by atoms with Gasteiger partial charge in [-0.25, -0.2) is 8.42 Å². The van der Waals surface area contributed by atoms with Crippen LogP contribution in [0.3, 0.4) is 0 Å². The fourth-order valence-electron chi connectivity index (χ4n) is 4.63. The smallest absolute Gasteiger partial charge is 0.244 e. The molecule has 0 bridgehead atoms. The number of halogens is 2. The largest absolute Gasteiger partial charge is 0.352 e. The summed E-state index contributed by atoms with van der Waals surface area (Å²) >= 11 is 12.5. The van der Waals surface area contributed by atoms with Gasteiger partial charge in [0.25, 0.3) is 0 Å². The molecule has 3 rings (SSSR count). The average molecular weight is 569 g/mol. The number of hydrogen-bond acceptors (Lipinski definition) is 4. The van der Waals surface area contributed by atoms with Crippen LogP contribution in [0.15, 0.2) is 42.5 Å². The molecule has 202 valence electrons. The Morgan fingerprint density at radius 3 is 2.35 bits per heavy atom. The van der Waals surface area contributed by atoms with Crippen molar-refractivity contribution < 1.29 is 18.0 Å². The van der Waals surface area contributed by atoms with Crippen molar-refractivity contribution in [3.63, 3.8) is 0 Å². The molecule has 1 saturated carbocycles. The van der Waals surface area contributed by atoms with Crippen LogP contribution >= 0.6 is 23.2 Å². The Morgan fingerprint density at radius 2 is 1.73 bits per heavy atom. The fourth-order valence-corrected chi connectivity index (χ4v) is 5.98. The predicted molar refractivity (Wildman–Crippen MR) is 149 cm³/mol. The zero-order valence-corrected chi connectivity index (χ0v) is 23.9. The summed E-state index contributed by atoms with van der Waals surface area (Å²) in [6.07, 6.45) is 6.76. The second-order valence-corrected chi connectivity index (χ2v) is 12.3. The van der Waals surface area contributed by atoms with Crippen LogP contribution in [0.4, 0.5) is 5.69 Å². The van der Waals surface area contributed by atoms with E-state index in [-0.39, 0.29) is 18.5 Å². The van der Waals surface area contributed by atoms with Crippen LogP contribution in [0.5, 0.6) is 0 Å². The molecule has 7 nitrogen and oxygen atoms in total.